The molecular weight excluding hydrogens is 452 g/mol. The number of aromatic nitrogens is 2. The number of sulfonamides is 1. The van der Waals surface area contributed by atoms with Crippen molar-refractivity contribution >= 4 is 32.8 Å². The van der Waals surface area contributed by atoms with Crippen molar-refractivity contribution in [1.82, 2.24) is 18.3 Å². The van der Waals surface area contributed by atoms with E-state index in [4.69, 9.17) is 4.74 Å². The summed E-state index contributed by atoms with van der Waals surface area (Å²) in [5.74, 6) is -0.904. The van der Waals surface area contributed by atoms with Crippen molar-refractivity contribution in [3.05, 3.63) is 39.0 Å². The van der Waals surface area contributed by atoms with E-state index in [-0.39, 0.29) is 34.6 Å². The first-order valence-electron chi connectivity index (χ1n) is 10.6. The Hall–Kier alpha value is -2.99. The molecule has 1 aliphatic heterocycles. The zero-order chi connectivity index (χ0) is 24.5. The number of likely N-dealkylation sites (N-methyl/N-ethyl adjacent to an activating group) is 1. The molecule has 1 aliphatic rings. The molecule has 11 nitrogen and oxygen atoms in total. The van der Waals surface area contributed by atoms with E-state index in [1.54, 1.807) is 6.92 Å². The van der Waals surface area contributed by atoms with E-state index in [0.717, 1.165) is 8.87 Å². The second kappa shape index (κ2) is 9.48. The Morgan fingerprint density at radius 2 is 1.76 bits per heavy atom. The van der Waals surface area contributed by atoms with Gasteiger partial charge in [0.15, 0.2) is 0 Å². The number of carbonyl (C=O) groups is 2. The van der Waals surface area contributed by atoms with Gasteiger partial charge >= 0.3 is 11.7 Å². The number of nitrogens with zero attached hydrogens (tertiary/aromatic N) is 4. The molecule has 0 aliphatic carbocycles. The molecular formula is C21H28N4O7S. The molecule has 0 N–H and O–H groups in total. The van der Waals surface area contributed by atoms with E-state index < -0.39 is 21.3 Å². The third kappa shape index (κ3) is 4.71. The van der Waals surface area contributed by atoms with Gasteiger partial charge in [0.05, 0.1) is 34.9 Å². The first-order chi connectivity index (χ1) is 15.5. The zero-order valence-electron chi connectivity index (χ0n) is 19.1. The predicted molar refractivity (Wildman–Crippen MR) is 120 cm³/mol. The van der Waals surface area contributed by atoms with Gasteiger partial charge in [0.1, 0.15) is 0 Å². The summed E-state index contributed by atoms with van der Waals surface area (Å²) in [6, 6.07) is 3.93. The van der Waals surface area contributed by atoms with Crippen molar-refractivity contribution in [3.8, 4) is 0 Å². The lowest BCUT2D eigenvalue weighted by molar-refractivity contribution is -0.151. The highest BCUT2D eigenvalue weighted by Gasteiger charge is 2.31. The van der Waals surface area contributed by atoms with Gasteiger partial charge in [-0.1, -0.05) is 0 Å². The average molecular weight is 481 g/mol. The van der Waals surface area contributed by atoms with E-state index in [2.05, 4.69) is 0 Å². The quantitative estimate of drug-likeness (QED) is 0.518. The fraction of sp³-hybridized carbons (Fsp3) is 0.524. The van der Waals surface area contributed by atoms with Gasteiger partial charge in [-0.3, -0.25) is 23.5 Å². The number of esters is 1. The topological polar surface area (TPSA) is 128 Å². The number of benzene rings is 1. The molecule has 2 aromatic rings. The second-order valence-electron chi connectivity index (χ2n) is 8.05. The number of amides is 1. The van der Waals surface area contributed by atoms with Gasteiger partial charge < -0.3 is 9.64 Å². The Balaban J connectivity index is 1.76. The minimum atomic E-state index is -4.07. The van der Waals surface area contributed by atoms with Crippen molar-refractivity contribution in [3.63, 3.8) is 0 Å². The Kier molecular flexibility index (Phi) is 7.08. The van der Waals surface area contributed by atoms with Crippen LogP contribution in [0, 0.1) is 5.92 Å². The molecule has 1 aromatic carbocycles. The molecule has 3 rings (SSSR count). The van der Waals surface area contributed by atoms with Crippen LogP contribution in [0.2, 0.25) is 0 Å². The monoisotopic (exact) mass is 480 g/mol. The summed E-state index contributed by atoms with van der Waals surface area (Å²) in [4.78, 5) is 50.5. The molecule has 0 unspecified atom stereocenters. The third-order valence-electron chi connectivity index (χ3n) is 5.97. The molecule has 2 heterocycles. The van der Waals surface area contributed by atoms with Crippen LogP contribution < -0.4 is 11.2 Å². The lowest BCUT2D eigenvalue weighted by Gasteiger charge is -2.32. The van der Waals surface area contributed by atoms with Crippen LogP contribution >= 0.6 is 0 Å². The number of piperidine rings is 1. The van der Waals surface area contributed by atoms with Crippen molar-refractivity contribution in [1.29, 1.82) is 0 Å². The van der Waals surface area contributed by atoms with Crippen LogP contribution in [-0.2, 0) is 38.4 Å². The van der Waals surface area contributed by atoms with Crippen molar-refractivity contribution in [2.75, 3.05) is 33.3 Å². The van der Waals surface area contributed by atoms with Gasteiger partial charge in [0, 0.05) is 34.2 Å². The van der Waals surface area contributed by atoms with Gasteiger partial charge in [-0.15, -0.1) is 0 Å². The van der Waals surface area contributed by atoms with Crippen LogP contribution in [0.3, 0.4) is 0 Å². The predicted octanol–water partition coefficient (Wildman–Crippen LogP) is -0.341. The second-order valence-corrected chi connectivity index (χ2v) is 10.1. The maximum Gasteiger partial charge on any atom is 0.330 e. The normalized spacial score (nSPS) is 15.2. The first kappa shape index (κ1) is 24.6. The molecule has 0 bridgehead atoms. The molecule has 12 heteroatoms. The average Bonchev–Trinajstić information content (AvgIpc) is 2.81. The molecule has 0 radical (unpaired) electrons. The van der Waals surface area contributed by atoms with Crippen LogP contribution in [0.4, 0.5) is 0 Å². The van der Waals surface area contributed by atoms with Gasteiger partial charge in [0.2, 0.25) is 15.9 Å². The molecule has 1 aromatic heterocycles. The summed E-state index contributed by atoms with van der Waals surface area (Å²) < 4.78 is 34.3. The number of likely N-dealkylation sites (tertiary alicyclic amines) is 1. The molecule has 0 spiro atoms. The Bertz CT molecular complexity index is 1300. The van der Waals surface area contributed by atoms with E-state index in [9.17, 15) is 27.6 Å². The summed E-state index contributed by atoms with van der Waals surface area (Å²) in [5, 5.41) is 0.0847. The number of aryl methyl sites for hydroxylation is 1. The summed E-state index contributed by atoms with van der Waals surface area (Å²) >= 11 is 0. The van der Waals surface area contributed by atoms with Crippen molar-refractivity contribution in [2.24, 2.45) is 20.0 Å². The van der Waals surface area contributed by atoms with Crippen LogP contribution in [0.1, 0.15) is 19.8 Å². The molecule has 1 fully saturated rings. The van der Waals surface area contributed by atoms with Crippen LogP contribution in [0.25, 0.3) is 10.9 Å². The highest BCUT2D eigenvalue weighted by Crippen LogP contribution is 2.21. The number of carbonyl (C=O) groups excluding carboxylic acids is 2. The van der Waals surface area contributed by atoms with E-state index in [1.165, 1.54) is 48.8 Å². The van der Waals surface area contributed by atoms with Gasteiger partial charge in [-0.2, -0.15) is 4.31 Å². The summed E-state index contributed by atoms with van der Waals surface area (Å²) in [7, 11) is 0.0360. The summed E-state index contributed by atoms with van der Waals surface area (Å²) in [5.41, 5.74) is -0.809. The number of fused-ring (bicyclic) bond motifs is 1. The summed E-state index contributed by atoms with van der Waals surface area (Å²) in [6.07, 6.45) is 0.932. The molecule has 1 amide bonds. The largest absolute Gasteiger partial charge is 0.466 e. The van der Waals surface area contributed by atoms with E-state index in [0.29, 0.717) is 38.1 Å². The molecule has 180 valence electrons. The maximum atomic E-state index is 13.1. The van der Waals surface area contributed by atoms with Crippen LogP contribution in [-0.4, -0.2) is 71.9 Å². The minimum Gasteiger partial charge on any atom is -0.466 e. The number of hydrogen-bond acceptors (Lipinski definition) is 7. The highest BCUT2D eigenvalue weighted by atomic mass is 32.2. The highest BCUT2D eigenvalue weighted by molar-refractivity contribution is 7.89. The SMILES string of the molecule is CCOC(=O)C1CCN(C(=O)CN(C)S(=O)(=O)c2ccc3c(c2)c(=O)n(C)c(=O)n3C)CC1. The van der Waals surface area contributed by atoms with Crippen molar-refractivity contribution < 1.29 is 22.7 Å². The molecule has 1 saturated heterocycles. The molecule has 33 heavy (non-hydrogen) atoms. The fourth-order valence-corrected chi connectivity index (χ4v) is 5.06. The number of rotatable bonds is 6. The molecule has 0 atom stereocenters. The Morgan fingerprint density at radius 1 is 1.12 bits per heavy atom. The minimum absolute atomic E-state index is 0.0847. The van der Waals surface area contributed by atoms with Gasteiger partial charge in [-0.05, 0) is 38.0 Å². The van der Waals surface area contributed by atoms with Crippen LogP contribution in [0.15, 0.2) is 32.7 Å². The number of ether oxygens (including phenoxy) is 1. The fourth-order valence-electron chi connectivity index (χ4n) is 3.92. The first-order valence-corrected chi connectivity index (χ1v) is 12.0. The zero-order valence-corrected chi connectivity index (χ0v) is 19.9. The van der Waals surface area contributed by atoms with E-state index in [1.807, 2.05) is 0 Å². The van der Waals surface area contributed by atoms with Gasteiger partial charge in [0.25, 0.3) is 5.56 Å². The lowest BCUT2D eigenvalue weighted by Crippen LogP contribution is -2.45. The molecule has 0 saturated carbocycles. The standard InChI is InChI=1S/C21H28N4O7S/c1-5-32-20(28)14-8-10-25(11-9-14)18(26)13-22(2)33(30,31)15-6-7-17-16(12-15)19(27)24(4)21(29)23(17)3/h6-7,12,14H,5,8-11,13H2,1-4H3. The maximum absolute atomic E-state index is 13.1. The summed E-state index contributed by atoms with van der Waals surface area (Å²) in [6.45, 7) is 2.35. The Labute approximate surface area is 191 Å². The third-order valence-corrected chi connectivity index (χ3v) is 7.77. The Morgan fingerprint density at radius 3 is 2.36 bits per heavy atom. The van der Waals surface area contributed by atoms with Crippen LogP contribution in [0.5, 0.6) is 0 Å². The smallest absolute Gasteiger partial charge is 0.330 e. The van der Waals surface area contributed by atoms with Gasteiger partial charge in [-0.25, -0.2) is 13.2 Å². The number of hydrogen-bond donors (Lipinski definition) is 0. The lowest BCUT2D eigenvalue weighted by atomic mass is 9.97. The van der Waals surface area contributed by atoms with Crippen molar-refractivity contribution in [2.45, 2.75) is 24.7 Å². The van der Waals surface area contributed by atoms with E-state index >= 15 is 0 Å².